The van der Waals surface area contributed by atoms with Crippen LogP contribution in [0.3, 0.4) is 0 Å². The molecule has 0 radical (unpaired) electrons. The van der Waals surface area contributed by atoms with E-state index < -0.39 is 0 Å². The summed E-state index contributed by atoms with van der Waals surface area (Å²) in [5, 5.41) is 5.26. The lowest BCUT2D eigenvalue weighted by Crippen LogP contribution is -2.16. The van der Waals surface area contributed by atoms with Gasteiger partial charge in [-0.3, -0.25) is 4.79 Å². The van der Waals surface area contributed by atoms with Crippen molar-refractivity contribution in [3.8, 4) is 5.75 Å². The topological polar surface area (TPSA) is 43.3 Å². The van der Waals surface area contributed by atoms with Crippen molar-refractivity contribution in [1.82, 2.24) is 9.88 Å². The van der Waals surface area contributed by atoms with E-state index in [0.717, 1.165) is 40.7 Å². The summed E-state index contributed by atoms with van der Waals surface area (Å²) in [4.78, 5) is 11.9. The van der Waals surface area contributed by atoms with E-state index >= 15 is 0 Å². The molecule has 2 heterocycles. The van der Waals surface area contributed by atoms with E-state index in [1.807, 2.05) is 23.9 Å². The number of thioether (sulfide) groups is 1. The molecule has 2 aromatic rings. The molecule has 1 aromatic carbocycles. The van der Waals surface area contributed by atoms with Crippen LogP contribution in [0, 0.1) is 0 Å². The zero-order chi connectivity index (χ0) is 15.5. The van der Waals surface area contributed by atoms with Crippen LogP contribution in [-0.4, -0.2) is 29.3 Å². The molecule has 0 aliphatic carbocycles. The van der Waals surface area contributed by atoms with Gasteiger partial charge in [0.15, 0.2) is 0 Å². The van der Waals surface area contributed by atoms with Gasteiger partial charge in [-0.15, -0.1) is 11.8 Å². The lowest BCUT2D eigenvalue weighted by molar-refractivity contribution is 0.417. The van der Waals surface area contributed by atoms with Crippen LogP contribution in [0.2, 0.25) is 0 Å². The highest BCUT2D eigenvalue weighted by atomic mass is 32.2. The molecular formula is C17H22N2O2S. The number of pyridine rings is 1. The molecule has 1 unspecified atom stereocenters. The number of fused-ring (bicyclic) bond motifs is 1. The van der Waals surface area contributed by atoms with Crippen molar-refractivity contribution in [2.45, 2.75) is 24.5 Å². The number of rotatable bonds is 5. The van der Waals surface area contributed by atoms with E-state index in [1.54, 1.807) is 24.8 Å². The van der Waals surface area contributed by atoms with Crippen LogP contribution >= 0.6 is 11.8 Å². The molecule has 5 heteroatoms. The van der Waals surface area contributed by atoms with Crippen molar-refractivity contribution < 1.29 is 4.74 Å². The van der Waals surface area contributed by atoms with Gasteiger partial charge in [0.05, 0.1) is 12.6 Å². The van der Waals surface area contributed by atoms with Crippen molar-refractivity contribution in [1.29, 1.82) is 0 Å². The number of nitrogens with zero attached hydrogens (tertiary/aromatic N) is 1. The number of hydrogen-bond donors (Lipinski definition) is 1. The highest BCUT2D eigenvalue weighted by molar-refractivity contribution is 8.00. The summed E-state index contributed by atoms with van der Waals surface area (Å²) in [7, 11) is 3.45. The molecular weight excluding hydrogens is 296 g/mol. The highest BCUT2D eigenvalue weighted by Gasteiger charge is 2.15. The van der Waals surface area contributed by atoms with Crippen molar-refractivity contribution in [3.05, 3.63) is 40.2 Å². The van der Waals surface area contributed by atoms with Crippen molar-refractivity contribution >= 4 is 22.7 Å². The van der Waals surface area contributed by atoms with Gasteiger partial charge in [0, 0.05) is 36.2 Å². The van der Waals surface area contributed by atoms with Gasteiger partial charge in [0.25, 0.3) is 5.56 Å². The molecule has 1 aromatic heterocycles. The second kappa shape index (κ2) is 6.75. The average molecular weight is 318 g/mol. The molecule has 1 fully saturated rings. The number of ether oxygens (including phenoxy) is 1. The molecule has 1 N–H and O–H groups in total. The van der Waals surface area contributed by atoms with Crippen LogP contribution in [0.25, 0.3) is 10.9 Å². The Labute approximate surface area is 134 Å². The fourth-order valence-electron chi connectivity index (χ4n) is 3.08. The van der Waals surface area contributed by atoms with E-state index in [4.69, 9.17) is 4.74 Å². The molecule has 118 valence electrons. The number of hydrogen-bond acceptors (Lipinski definition) is 4. The van der Waals surface area contributed by atoms with Crippen LogP contribution in [0.1, 0.15) is 18.4 Å². The van der Waals surface area contributed by atoms with E-state index in [2.05, 4.69) is 11.4 Å². The summed E-state index contributed by atoms with van der Waals surface area (Å²) in [5.41, 5.74) is 2.18. The maximum atomic E-state index is 11.9. The molecule has 0 bridgehead atoms. The standard InChI is InChI=1S/C17H22N2O2S/c1-19-16(20)9-7-14-12(6-8-15(21-2)17(14)19)4-3-5-13-10-18-11-22-13/h6-9,13,18H,3-5,10-11H2,1-2H3. The van der Waals surface area contributed by atoms with Crippen molar-refractivity contribution in [3.63, 3.8) is 0 Å². The SMILES string of the molecule is COc1ccc(CCCC2CNCS2)c2ccc(=O)n(C)c12. The predicted molar refractivity (Wildman–Crippen MR) is 92.9 cm³/mol. The summed E-state index contributed by atoms with van der Waals surface area (Å²) < 4.78 is 7.11. The molecule has 1 aliphatic heterocycles. The molecule has 1 atom stereocenters. The van der Waals surface area contributed by atoms with Crippen molar-refractivity contribution in [2.75, 3.05) is 19.5 Å². The van der Waals surface area contributed by atoms with E-state index in [-0.39, 0.29) is 5.56 Å². The highest BCUT2D eigenvalue weighted by Crippen LogP contribution is 2.28. The minimum atomic E-state index is -0.00335. The first kappa shape index (κ1) is 15.4. The zero-order valence-electron chi connectivity index (χ0n) is 13.1. The average Bonchev–Trinajstić information content (AvgIpc) is 3.04. The molecule has 0 saturated carbocycles. The Bertz CT molecular complexity index is 720. The molecule has 4 nitrogen and oxygen atoms in total. The summed E-state index contributed by atoms with van der Waals surface area (Å²) in [6.07, 6.45) is 3.44. The predicted octanol–water partition coefficient (Wildman–Crippen LogP) is 2.53. The fraction of sp³-hybridized carbons (Fsp3) is 0.471. The first-order valence-corrected chi connectivity index (χ1v) is 8.73. The van der Waals surface area contributed by atoms with Gasteiger partial charge in [-0.1, -0.05) is 6.07 Å². The Hall–Kier alpha value is -1.46. The third-order valence-corrected chi connectivity index (χ3v) is 5.56. The third kappa shape index (κ3) is 3.01. The quantitative estimate of drug-likeness (QED) is 0.920. The Balaban J connectivity index is 1.86. The summed E-state index contributed by atoms with van der Waals surface area (Å²) in [6, 6.07) is 7.68. The smallest absolute Gasteiger partial charge is 0.250 e. The van der Waals surface area contributed by atoms with Gasteiger partial charge in [0.1, 0.15) is 5.75 Å². The second-order valence-corrected chi connectivity index (χ2v) is 6.99. The van der Waals surface area contributed by atoms with Gasteiger partial charge in [-0.25, -0.2) is 0 Å². The monoisotopic (exact) mass is 318 g/mol. The summed E-state index contributed by atoms with van der Waals surface area (Å²) in [6.45, 7) is 1.13. The van der Waals surface area contributed by atoms with Crippen LogP contribution in [0.5, 0.6) is 5.75 Å². The third-order valence-electron chi connectivity index (χ3n) is 4.31. The van der Waals surface area contributed by atoms with Gasteiger partial charge in [-0.05, 0) is 37.0 Å². The first-order chi connectivity index (χ1) is 10.7. The Morgan fingerprint density at radius 3 is 2.95 bits per heavy atom. The van der Waals surface area contributed by atoms with Crippen LogP contribution in [0.4, 0.5) is 0 Å². The Kier molecular flexibility index (Phi) is 4.74. The molecule has 22 heavy (non-hydrogen) atoms. The largest absolute Gasteiger partial charge is 0.495 e. The number of aryl methyl sites for hydroxylation is 2. The van der Waals surface area contributed by atoms with Crippen LogP contribution < -0.4 is 15.6 Å². The maximum absolute atomic E-state index is 11.9. The summed E-state index contributed by atoms with van der Waals surface area (Å²) in [5.74, 6) is 1.84. The Morgan fingerprint density at radius 1 is 1.36 bits per heavy atom. The van der Waals surface area contributed by atoms with Gasteiger partial charge >= 0.3 is 0 Å². The lowest BCUT2D eigenvalue weighted by Gasteiger charge is -2.14. The van der Waals surface area contributed by atoms with Gasteiger partial charge in [-0.2, -0.15) is 0 Å². The van der Waals surface area contributed by atoms with E-state index in [1.165, 1.54) is 18.4 Å². The number of aromatic nitrogens is 1. The molecule has 0 amide bonds. The van der Waals surface area contributed by atoms with E-state index in [0.29, 0.717) is 0 Å². The number of methoxy groups -OCH3 is 1. The molecule has 1 saturated heterocycles. The molecule has 0 spiro atoms. The van der Waals surface area contributed by atoms with Crippen molar-refractivity contribution in [2.24, 2.45) is 7.05 Å². The Morgan fingerprint density at radius 2 is 2.23 bits per heavy atom. The minimum Gasteiger partial charge on any atom is -0.495 e. The lowest BCUT2D eigenvalue weighted by atomic mass is 10.0. The summed E-state index contributed by atoms with van der Waals surface area (Å²) >= 11 is 2.02. The van der Waals surface area contributed by atoms with Crippen LogP contribution in [-0.2, 0) is 13.5 Å². The van der Waals surface area contributed by atoms with E-state index in [9.17, 15) is 4.79 Å². The molecule has 3 rings (SSSR count). The number of nitrogens with one attached hydrogen (secondary N) is 1. The molecule has 1 aliphatic rings. The van der Waals surface area contributed by atoms with Gasteiger partial charge in [0.2, 0.25) is 0 Å². The fourth-order valence-corrected chi connectivity index (χ4v) is 4.12. The maximum Gasteiger partial charge on any atom is 0.250 e. The first-order valence-electron chi connectivity index (χ1n) is 7.68. The number of benzene rings is 1. The zero-order valence-corrected chi connectivity index (χ0v) is 13.9. The van der Waals surface area contributed by atoms with Gasteiger partial charge < -0.3 is 14.6 Å². The minimum absolute atomic E-state index is 0.00335. The normalized spacial score (nSPS) is 18.0. The second-order valence-electron chi connectivity index (χ2n) is 5.70. The van der Waals surface area contributed by atoms with Crippen LogP contribution in [0.15, 0.2) is 29.1 Å².